The maximum Gasteiger partial charge on any atom is 0.190 e. The van der Waals surface area contributed by atoms with Crippen molar-refractivity contribution in [2.75, 3.05) is 54.2 Å². The predicted octanol–water partition coefficient (Wildman–Crippen LogP) is 1.76. The van der Waals surface area contributed by atoms with Crippen LogP contribution in [0.1, 0.15) is 17.5 Å². The Labute approximate surface area is 145 Å². The van der Waals surface area contributed by atoms with Gasteiger partial charge in [0.1, 0.15) is 5.75 Å². The molecule has 6 heteroatoms. The second-order valence-corrected chi connectivity index (χ2v) is 5.44. The lowest BCUT2D eigenvalue weighted by atomic mass is 10.1. The fraction of sp³-hybridized carbons (Fsp3) is 0.611. The number of rotatable bonds is 11. The molecule has 0 aromatic heterocycles. The van der Waals surface area contributed by atoms with Gasteiger partial charge in [0.2, 0.25) is 0 Å². The van der Waals surface area contributed by atoms with Gasteiger partial charge in [0.25, 0.3) is 0 Å². The Balaban J connectivity index is 2.20. The van der Waals surface area contributed by atoms with Crippen molar-refractivity contribution in [1.82, 2.24) is 10.6 Å². The number of aryl methyl sites for hydroxylation is 1. The maximum atomic E-state index is 5.42. The average Bonchev–Trinajstić information content (AvgIpc) is 2.60. The van der Waals surface area contributed by atoms with E-state index in [0.29, 0.717) is 13.2 Å². The third-order valence-corrected chi connectivity index (χ3v) is 3.59. The number of ether oxygens (including phenoxy) is 3. The van der Waals surface area contributed by atoms with Gasteiger partial charge in [0.05, 0.1) is 20.3 Å². The number of nitrogens with one attached hydrogen (secondary N) is 2. The summed E-state index contributed by atoms with van der Waals surface area (Å²) in [5, 5.41) is 6.60. The quantitative estimate of drug-likeness (QED) is 0.366. The van der Waals surface area contributed by atoms with Crippen LogP contribution < -0.4 is 15.4 Å². The van der Waals surface area contributed by atoms with Gasteiger partial charge in [-0.15, -0.1) is 0 Å². The van der Waals surface area contributed by atoms with Crippen molar-refractivity contribution in [1.29, 1.82) is 0 Å². The van der Waals surface area contributed by atoms with Crippen LogP contribution in [0.25, 0.3) is 0 Å². The summed E-state index contributed by atoms with van der Waals surface area (Å²) in [7, 11) is 5.15. The molecular formula is C18H31N3O3. The number of nitrogens with zero attached hydrogens (tertiary/aromatic N) is 1. The van der Waals surface area contributed by atoms with Gasteiger partial charge in [-0.2, -0.15) is 0 Å². The number of hydrogen-bond donors (Lipinski definition) is 2. The summed E-state index contributed by atoms with van der Waals surface area (Å²) in [6.07, 6.45) is 1.84. The molecule has 136 valence electrons. The third kappa shape index (κ3) is 8.17. The van der Waals surface area contributed by atoms with Crippen LogP contribution in [0.2, 0.25) is 0 Å². The van der Waals surface area contributed by atoms with E-state index in [9.17, 15) is 0 Å². The lowest BCUT2D eigenvalue weighted by Crippen LogP contribution is -2.39. The first-order chi connectivity index (χ1) is 11.7. The van der Waals surface area contributed by atoms with E-state index in [2.05, 4.69) is 33.8 Å². The van der Waals surface area contributed by atoms with Gasteiger partial charge in [-0.1, -0.05) is 12.1 Å². The van der Waals surface area contributed by atoms with Crippen LogP contribution >= 0.6 is 0 Å². The number of aliphatic imine (C=N–C) groups is 1. The number of guanidine groups is 1. The second kappa shape index (κ2) is 12.6. The summed E-state index contributed by atoms with van der Waals surface area (Å²) in [4.78, 5) is 4.22. The van der Waals surface area contributed by atoms with E-state index in [4.69, 9.17) is 14.2 Å². The minimum Gasteiger partial charge on any atom is -0.496 e. The summed E-state index contributed by atoms with van der Waals surface area (Å²) >= 11 is 0. The zero-order chi connectivity index (χ0) is 17.6. The molecule has 0 spiro atoms. The van der Waals surface area contributed by atoms with Gasteiger partial charge in [0, 0.05) is 33.9 Å². The zero-order valence-corrected chi connectivity index (χ0v) is 15.4. The van der Waals surface area contributed by atoms with E-state index in [0.717, 1.165) is 49.8 Å². The van der Waals surface area contributed by atoms with Crippen molar-refractivity contribution >= 4 is 5.96 Å². The summed E-state index contributed by atoms with van der Waals surface area (Å²) < 4.78 is 15.7. The molecule has 0 aliphatic heterocycles. The molecule has 1 rings (SSSR count). The Morgan fingerprint density at radius 3 is 2.58 bits per heavy atom. The van der Waals surface area contributed by atoms with Crippen molar-refractivity contribution in [3.63, 3.8) is 0 Å². The number of hydrogen-bond acceptors (Lipinski definition) is 4. The molecule has 0 fully saturated rings. The molecule has 0 bridgehead atoms. The molecule has 24 heavy (non-hydrogen) atoms. The zero-order valence-electron chi connectivity index (χ0n) is 15.4. The highest BCUT2D eigenvalue weighted by atomic mass is 16.5. The Bertz CT molecular complexity index is 492. The highest BCUT2D eigenvalue weighted by Gasteiger charge is 2.01. The highest BCUT2D eigenvalue weighted by Crippen LogP contribution is 2.18. The molecule has 0 atom stereocenters. The molecule has 0 saturated carbocycles. The first-order valence-corrected chi connectivity index (χ1v) is 8.36. The molecule has 1 aromatic carbocycles. The molecule has 6 nitrogen and oxygen atoms in total. The Kier molecular flexibility index (Phi) is 10.6. The van der Waals surface area contributed by atoms with E-state index in [1.54, 1.807) is 21.3 Å². The van der Waals surface area contributed by atoms with Crippen molar-refractivity contribution in [3.05, 3.63) is 29.3 Å². The summed E-state index contributed by atoms with van der Waals surface area (Å²) in [5.41, 5.74) is 2.39. The fourth-order valence-electron chi connectivity index (χ4n) is 2.19. The Hall–Kier alpha value is -1.79. The van der Waals surface area contributed by atoms with Crippen LogP contribution in [0, 0.1) is 6.92 Å². The van der Waals surface area contributed by atoms with Crippen molar-refractivity contribution < 1.29 is 14.2 Å². The number of methoxy groups -OCH3 is 2. The molecule has 0 aliphatic rings. The lowest BCUT2D eigenvalue weighted by Gasteiger charge is -2.12. The number of benzene rings is 1. The van der Waals surface area contributed by atoms with Gasteiger partial charge < -0.3 is 24.8 Å². The molecule has 2 N–H and O–H groups in total. The van der Waals surface area contributed by atoms with Crippen molar-refractivity contribution in [2.24, 2.45) is 4.99 Å². The maximum absolute atomic E-state index is 5.42. The monoisotopic (exact) mass is 337 g/mol. The van der Waals surface area contributed by atoms with Gasteiger partial charge in [0.15, 0.2) is 5.96 Å². The Morgan fingerprint density at radius 1 is 1.08 bits per heavy atom. The van der Waals surface area contributed by atoms with Crippen LogP contribution in [0.4, 0.5) is 0 Å². The van der Waals surface area contributed by atoms with Crippen LogP contribution in [0.5, 0.6) is 5.75 Å². The van der Waals surface area contributed by atoms with E-state index in [-0.39, 0.29) is 0 Å². The summed E-state index contributed by atoms with van der Waals surface area (Å²) in [5.74, 6) is 1.74. The van der Waals surface area contributed by atoms with Crippen molar-refractivity contribution in [3.8, 4) is 5.75 Å². The molecule has 1 aromatic rings. The fourth-order valence-corrected chi connectivity index (χ4v) is 2.19. The van der Waals surface area contributed by atoms with Gasteiger partial charge in [-0.25, -0.2) is 0 Å². The predicted molar refractivity (Wildman–Crippen MR) is 98.1 cm³/mol. The lowest BCUT2D eigenvalue weighted by molar-refractivity contribution is 0.0698. The summed E-state index contributed by atoms with van der Waals surface area (Å²) in [6.45, 7) is 5.69. The minimum absolute atomic E-state index is 0.639. The van der Waals surface area contributed by atoms with Crippen LogP contribution in [-0.4, -0.2) is 60.1 Å². The Morgan fingerprint density at radius 2 is 1.88 bits per heavy atom. The molecule has 0 radical (unpaired) electrons. The molecule has 0 unspecified atom stereocenters. The van der Waals surface area contributed by atoms with E-state index >= 15 is 0 Å². The highest BCUT2D eigenvalue weighted by molar-refractivity contribution is 5.79. The van der Waals surface area contributed by atoms with Crippen LogP contribution in [0.3, 0.4) is 0 Å². The van der Waals surface area contributed by atoms with Crippen molar-refractivity contribution in [2.45, 2.75) is 19.8 Å². The minimum atomic E-state index is 0.639. The van der Waals surface area contributed by atoms with E-state index in [1.807, 2.05) is 6.92 Å². The van der Waals surface area contributed by atoms with Crippen LogP contribution in [-0.2, 0) is 15.9 Å². The second-order valence-electron chi connectivity index (χ2n) is 5.44. The average molecular weight is 337 g/mol. The first-order valence-electron chi connectivity index (χ1n) is 8.36. The van der Waals surface area contributed by atoms with Gasteiger partial charge in [-0.05, 0) is 37.0 Å². The molecule has 0 aliphatic carbocycles. The topological polar surface area (TPSA) is 64.1 Å². The molecule has 0 saturated heterocycles. The van der Waals surface area contributed by atoms with Gasteiger partial charge >= 0.3 is 0 Å². The van der Waals surface area contributed by atoms with E-state index < -0.39 is 0 Å². The largest absolute Gasteiger partial charge is 0.496 e. The smallest absolute Gasteiger partial charge is 0.190 e. The standard InChI is InChI=1S/C18H31N3O3/c1-15-6-7-16(14-17(15)23-4)8-10-21-18(19-2)20-9-5-11-24-13-12-22-3/h6-7,14H,5,8-13H2,1-4H3,(H2,19,20,21). The van der Waals surface area contributed by atoms with Crippen LogP contribution in [0.15, 0.2) is 23.2 Å². The first kappa shape index (κ1) is 20.3. The molecule has 0 amide bonds. The summed E-state index contributed by atoms with van der Waals surface area (Å²) in [6, 6.07) is 6.31. The SMILES string of the molecule is CN=C(NCCCOCCOC)NCCc1ccc(C)c(OC)c1. The van der Waals surface area contributed by atoms with E-state index in [1.165, 1.54) is 5.56 Å². The molecular weight excluding hydrogens is 306 g/mol. The third-order valence-electron chi connectivity index (χ3n) is 3.59. The molecule has 0 heterocycles. The normalized spacial score (nSPS) is 11.4. The van der Waals surface area contributed by atoms with Gasteiger partial charge in [-0.3, -0.25) is 4.99 Å².